The van der Waals surface area contributed by atoms with E-state index in [2.05, 4.69) is 0 Å². The van der Waals surface area contributed by atoms with Crippen LogP contribution in [0, 0.1) is 5.41 Å². The highest BCUT2D eigenvalue weighted by atomic mass is 16.3. The summed E-state index contributed by atoms with van der Waals surface area (Å²) in [6, 6.07) is 0. The molecule has 1 atom stereocenters. The molecule has 0 saturated carbocycles. The van der Waals surface area contributed by atoms with Gasteiger partial charge in [0.05, 0.1) is 32.6 Å². The molecule has 1 heterocycles. The number of hydrogen-bond acceptors (Lipinski definition) is 6. The smallest absolute Gasteiger partial charge is 0.0615 e. The van der Waals surface area contributed by atoms with Crippen molar-refractivity contribution in [1.82, 2.24) is 9.80 Å². The Morgan fingerprint density at radius 1 is 1.06 bits per heavy atom. The summed E-state index contributed by atoms with van der Waals surface area (Å²) in [4.78, 5) is 3.98. The van der Waals surface area contributed by atoms with Crippen molar-refractivity contribution < 1.29 is 20.4 Å². The first kappa shape index (κ1) is 14.8. The van der Waals surface area contributed by atoms with Gasteiger partial charge in [0.2, 0.25) is 0 Å². The molecule has 17 heavy (non-hydrogen) atoms. The SMILES string of the molecule is CC(O)C1(CO)CN(CCO)CN(CCO)C1. The van der Waals surface area contributed by atoms with Gasteiger partial charge in [0.15, 0.2) is 0 Å². The molecule has 102 valence electrons. The van der Waals surface area contributed by atoms with Gasteiger partial charge >= 0.3 is 0 Å². The van der Waals surface area contributed by atoms with Gasteiger partial charge in [-0.25, -0.2) is 0 Å². The average Bonchev–Trinajstić information content (AvgIpc) is 2.29. The second-order valence-corrected chi connectivity index (χ2v) is 4.89. The molecular weight excluding hydrogens is 224 g/mol. The fourth-order valence-electron chi connectivity index (χ4n) is 2.40. The second kappa shape index (κ2) is 6.63. The lowest BCUT2D eigenvalue weighted by Gasteiger charge is -2.48. The lowest BCUT2D eigenvalue weighted by atomic mass is 9.81. The van der Waals surface area contributed by atoms with Crippen molar-refractivity contribution in [2.24, 2.45) is 5.41 Å². The Kier molecular flexibility index (Phi) is 5.78. The molecule has 0 aromatic carbocycles. The first-order valence-corrected chi connectivity index (χ1v) is 6.03. The fourth-order valence-corrected chi connectivity index (χ4v) is 2.40. The number of rotatable bonds is 6. The Hall–Kier alpha value is -0.240. The molecule has 0 aliphatic carbocycles. The summed E-state index contributed by atoms with van der Waals surface area (Å²) in [5, 5.41) is 37.4. The molecule has 0 aromatic rings. The minimum absolute atomic E-state index is 0.0499. The van der Waals surface area contributed by atoms with Gasteiger partial charge < -0.3 is 20.4 Å². The van der Waals surface area contributed by atoms with Crippen LogP contribution < -0.4 is 0 Å². The zero-order valence-electron chi connectivity index (χ0n) is 10.4. The van der Waals surface area contributed by atoms with E-state index in [1.165, 1.54) is 0 Å². The molecule has 0 bridgehead atoms. The molecule has 6 nitrogen and oxygen atoms in total. The first-order chi connectivity index (χ1) is 8.07. The quantitative estimate of drug-likeness (QED) is 0.431. The van der Waals surface area contributed by atoms with Crippen LogP contribution in [-0.2, 0) is 0 Å². The molecule has 1 fully saturated rings. The zero-order valence-corrected chi connectivity index (χ0v) is 10.4. The van der Waals surface area contributed by atoms with Crippen LogP contribution in [0.4, 0.5) is 0 Å². The van der Waals surface area contributed by atoms with Gasteiger partial charge in [-0.3, -0.25) is 9.80 Å². The maximum Gasteiger partial charge on any atom is 0.0615 e. The minimum atomic E-state index is -0.629. The van der Waals surface area contributed by atoms with Crippen molar-refractivity contribution in [2.75, 3.05) is 52.7 Å². The Morgan fingerprint density at radius 2 is 1.53 bits per heavy atom. The molecule has 1 unspecified atom stereocenters. The molecule has 6 heteroatoms. The summed E-state index contributed by atoms with van der Waals surface area (Å²) < 4.78 is 0. The molecule has 0 aromatic heterocycles. The zero-order chi connectivity index (χ0) is 12.9. The summed E-state index contributed by atoms with van der Waals surface area (Å²) >= 11 is 0. The van der Waals surface area contributed by atoms with Gasteiger partial charge in [-0.2, -0.15) is 0 Å². The van der Waals surface area contributed by atoms with Crippen LogP contribution in [0.3, 0.4) is 0 Å². The highest BCUT2D eigenvalue weighted by Crippen LogP contribution is 2.28. The monoisotopic (exact) mass is 248 g/mol. The van der Waals surface area contributed by atoms with E-state index >= 15 is 0 Å². The molecule has 0 radical (unpaired) electrons. The van der Waals surface area contributed by atoms with E-state index in [4.69, 9.17) is 10.2 Å². The summed E-state index contributed by atoms with van der Waals surface area (Å²) in [7, 11) is 0. The number of β-amino-alcohol motifs (C(OH)–C–C–N with tert-alkyl or cyclic N) is 2. The third kappa shape index (κ3) is 3.61. The van der Waals surface area contributed by atoms with Crippen molar-refractivity contribution in [3.05, 3.63) is 0 Å². The molecule has 1 rings (SSSR count). The number of hydrogen-bond donors (Lipinski definition) is 4. The predicted octanol–water partition coefficient (Wildman–Crippen LogP) is -2.09. The highest BCUT2D eigenvalue weighted by Gasteiger charge is 2.41. The van der Waals surface area contributed by atoms with E-state index in [1.807, 2.05) is 9.80 Å². The Balaban J connectivity index is 2.75. The van der Waals surface area contributed by atoms with E-state index in [1.54, 1.807) is 6.92 Å². The number of aliphatic hydroxyl groups is 4. The Bertz CT molecular complexity index is 212. The summed E-state index contributed by atoms with van der Waals surface area (Å²) in [6.07, 6.45) is -0.629. The third-order valence-corrected chi connectivity index (χ3v) is 3.51. The largest absolute Gasteiger partial charge is 0.396 e. The predicted molar refractivity (Wildman–Crippen MR) is 63.4 cm³/mol. The van der Waals surface area contributed by atoms with Crippen LogP contribution >= 0.6 is 0 Å². The highest BCUT2D eigenvalue weighted by molar-refractivity contribution is 4.93. The summed E-state index contributed by atoms with van der Waals surface area (Å²) in [5.74, 6) is 0. The lowest BCUT2D eigenvalue weighted by molar-refractivity contribution is -0.101. The van der Waals surface area contributed by atoms with Crippen LogP contribution in [0.15, 0.2) is 0 Å². The van der Waals surface area contributed by atoms with E-state index < -0.39 is 11.5 Å². The first-order valence-electron chi connectivity index (χ1n) is 6.03. The molecule has 1 saturated heterocycles. The van der Waals surface area contributed by atoms with E-state index in [0.29, 0.717) is 32.8 Å². The average molecular weight is 248 g/mol. The standard InChI is InChI=1S/C11H24N2O4/c1-10(17)11(8-16)6-12(2-4-14)9-13(7-11)3-5-15/h10,14-17H,2-9H2,1H3. The van der Waals surface area contributed by atoms with Crippen molar-refractivity contribution in [2.45, 2.75) is 13.0 Å². The van der Waals surface area contributed by atoms with Gasteiger partial charge in [0, 0.05) is 31.6 Å². The van der Waals surface area contributed by atoms with Crippen molar-refractivity contribution in [3.63, 3.8) is 0 Å². The lowest BCUT2D eigenvalue weighted by Crippen LogP contribution is -2.61. The third-order valence-electron chi connectivity index (χ3n) is 3.51. The fraction of sp³-hybridized carbons (Fsp3) is 1.00. The maximum absolute atomic E-state index is 9.86. The number of nitrogens with zero attached hydrogens (tertiary/aromatic N) is 2. The van der Waals surface area contributed by atoms with Crippen LogP contribution in [0.25, 0.3) is 0 Å². The van der Waals surface area contributed by atoms with E-state index in [0.717, 1.165) is 0 Å². The van der Waals surface area contributed by atoms with E-state index in [9.17, 15) is 10.2 Å². The van der Waals surface area contributed by atoms with Gasteiger partial charge in [0.25, 0.3) is 0 Å². The van der Waals surface area contributed by atoms with Crippen molar-refractivity contribution >= 4 is 0 Å². The molecular formula is C11H24N2O4. The van der Waals surface area contributed by atoms with Crippen LogP contribution in [0.1, 0.15) is 6.92 Å². The van der Waals surface area contributed by atoms with Crippen molar-refractivity contribution in [1.29, 1.82) is 0 Å². The molecule has 1 aliphatic heterocycles. The molecule has 4 N–H and O–H groups in total. The van der Waals surface area contributed by atoms with Gasteiger partial charge in [0.1, 0.15) is 0 Å². The van der Waals surface area contributed by atoms with Gasteiger partial charge in [-0.1, -0.05) is 0 Å². The van der Waals surface area contributed by atoms with Crippen LogP contribution in [0.2, 0.25) is 0 Å². The molecule has 1 aliphatic rings. The second-order valence-electron chi connectivity index (χ2n) is 4.89. The van der Waals surface area contributed by atoms with Gasteiger partial charge in [-0.05, 0) is 6.92 Å². The van der Waals surface area contributed by atoms with Crippen LogP contribution in [0.5, 0.6) is 0 Å². The molecule has 0 amide bonds. The summed E-state index contributed by atoms with van der Waals surface area (Å²) in [5.41, 5.74) is -0.595. The van der Waals surface area contributed by atoms with Crippen LogP contribution in [-0.4, -0.2) is 89.0 Å². The Labute approximate surface area is 102 Å². The normalized spacial score (nSPS) is 23.8. The maximum atomic E-state index is 9.86. The van der Waals surface area contributed by atoms with E-state index in [-0.39, 0.29) is 19.8 Å². The van der Waals surface area contributed by atoms with Crippen molar-refractivity contribution in [3.8, 4) is 0 Å². The Morgan fingerprint density at radius 3 is 1.82 bits per heavy atom. The number of aliphatic hydroxyl groups excluding tert-OH is 4. The molecule has 0 spiro atoms. The summed E-state index contributed by atoms with van der Waals surface area (Å²) in [6.45, 7) is 4.46. The minimum Gasteiger partial charge on any atom is -0.396 e. The van der Waals surface area contributed by atoms with Gasteiger partial charge in [-0.15, -0.1) is 0 Å². The topological polar surface area (TPSA) is 87.4 Å².